The molecule has 2 heterocycles. The Morgan fingerprint density at radius 1 is 1.22 bits per heavy atom. The van der Waals surface area contributed by atoms with Gasteiger partial charge in [-0.3, -0.25) is 14.4 Å². The molecule has 3 rings (SSSR count). The second-order valence-electron chi connectivity index (χ2n) is 8.54. The van der Waals surface area contributed by atoms with Crippen LogP contribution >= 0.6 is 0 Å². The van der Waals surface area contributed by atoms with E-state index in [2.05, 4.69) is 15.0 Å². The minimum atomic E-state index is -0.895. The summed E-state index contributed by atoms with van der Waals surface area (Å²) in [7, 11) is 4.45. The van der Waals surface area contributed by atoms with Crippen LogP contribution in [0.2, 0.25) is 0 Å². The van der Waals surface area contributed by atoms with E-state index in [-0.39, 0.29) is 48.0 Å². The average molecular weight is 497 g/mol. The SMILES string of the molecule is COC(=O)N[C@@H](CC/C=C/C(=O)N(C)C)C(=O)Cc1cccn(Cc2cc3cc(F)ccc3[nH]2)c1=O. The molecule has 0 saturated heterocycles. The van der Waals surface area contributed by atoms with Crippen molar-refractivity contribution in [3.8, 4) is 0 Å². The number of aromatic nitrogens is 2. The van der Waals surface area contributed by atoms with Gasteiger partial charge in [0.05, 0.1) is 19.7 Å². The molecule has 36 heavy (non-hydrogen) atoms. The maximum absolute atomic E-state index is 13.5. The lowest BCUT2D eigenvalue weighted by Gasteiger charge is -2.16. The van der Waals surface area contributed by atoms with Crippen molar-refractivity contribution in [3.63, 3.8) is 0 Å². The number of H-pyrrole nitrogens is 1. The zero-order chi connectivity index (χ0) is 26.2. The summed E-state index contributed by atoms with van der Waals surface area (Å²) < 4.78 is 19.6. The van der Waals surface area contributed by atoms with Crippen LogP contribution in [0.25, 0.3) is 10.9 Å². The van der Waals surface area contributed by atoms with Crippen molar-refractivity contribution in [1.82, 2.24) is 19.8 Å². The predicted octanol–water partition coefficient (Wildman–Crippen LogP) is 2.78. The van der Waals surface area contributed by atoms with E-state index in [4.69, 9.17) is 0 Å². The minimum Gasteiger partial charge on any atom is -0.453 e. The third kappa shape index (κ3) is 6.91. The smallest absolute Gasteiger partial charge is 0.407 e. The third-order valence-electron chi connectivity index (χ3n) is 5.63. The number of hydrogen-bond donors (Lipinski definition) is 2. The Morgan fingerprint density at radius 2 is 2.00 bits per heavy atom. The van der Waals surface area contributed by atoms with Gasteiger partial charge >= 0.3 is 6.09 Å². The molecule has 0 aliphatic carbocycles. The third-order valence-corrected chi connectivity index (χ3v) is 5.63. The molecule has 1 atom stereocenters. The number of amides is 2. The van der Waals surface area contributed by atoms with E-state index >= 15 is 0 Å². The van der Waals surface area contributed by atoms with E-state index in [0.717, 1.165) is 5.52 Å². The van der Waals surface area contributed by atoms with E-state index in [0.29, 0.717) is 17.5 Å². The van der Waals surface area contributed by atoms with Gasteiger partial charge in [-0.25, -0.2) is 9.18 Å². The Bertz CT molecular complexity index is 1340. The summed E-state index contributed by atoms with van der Waals surface area (Å²) in [5.41, 5.74) is 1.40. The fourth-order valence-electron chi connectivity index (χ4n) is 3.70. The van der Waals surface area contributed by atoms with Crippen LogP contribution in [0, 0.1) is 5.82 Å². The molecule has 2 amide bonds. The topological polar surface area (TPSA) is 114 Å². The van der Waals surface area contributed by atoms with Crippen molar-refractivity contribution >= 4 is 28.7 Å². The molecule has 0 aliphatic heterocycles. The summed E-state index contributed by atoms with van der Waals surface area (Å²) in [6.07, 6.45) is 4.28. The molecule has 0 saturated carbocycles. The highest BCUT2D eigenvalue weighted by atomic mass is 19.1. The number of ketones is 1. The number of likely N-dealkylation sites (N-methyl/N-ethyl adjacent to an activating group) is 1. The highest BCUT2D eigenvalue weighted by Crippen LogP contribution is 2.17. The number of benzene rings is 1. The zero-order valence-corrected chi connectivity index (χ0v) is 20.4. The van der Waals surface area contributed by atoms with Gasteiger partial charge in [-0.1, -0.05) is 12.1 Å². The van der Waals surface area contributed by atoms with E-state index in [1.165, 1.54) is 34.8 Å². The number of fused-ring (bicyclic) bond motifs is 1. The molecular weight excluding hydrogens is 467 g/mol. The highest BCUT2D eigenvalue weighted by Gasteiger charge is 2.22. The minimum absolute atomic E-state index is 0.188. The normalized spacial score (nSPS) is 12.0. The van der Waals surface area contributed by atoms with Crippen molar-refractivity contribution in [2.75, 3.05) is 21.2 Å². The molecule has 10 heteroatoms. The van der Waals surface area contributed by atoms with Crippen molar-refractivity contribution in [1.29, 1.82) is 0 Å². The lowest BCUT2D eigenvalue weighted by molar-refractivity contribution is -0.123. The number of allylic oxidation sites excluding steroid dienone is 1. The molecular formula is C26H29FN4O5. The first-order valence-electron chi connectivity index (χ1n) is 11.4. The van der Waals surface area contributed by atoms with Crippen molar-refractivity contribution in [3.05, 3.63) is 82.2 Å². The molecule has 2 aromatic heterocycles. The van der Waals surface area contributed by atoms with Crippen LogP contribution in [0.3, 0.4) is 0 Å². The van der Waals surface area contributed by atoms with E-state index < -0.39 is 12.1 Å². The summed E-state index contributed by atoms with van der Waals surface area (Å²) in [6, 6.07) is 8.52. The van der Waals surface area contributed by atoms with Crippen molar-refractivity contribution in [2.45, 2.75) is 31.8 Å². The number of nitrogens with one attached hydrogen (secondary N) is 2. The molecule has 0 aliphatic rings. The number of nitrogens with zero attached hydrogens (tertiary/aromatic N) is 2. The van der Waals surface area contributed by atoms with E-state index in [9.17, 15) is 23.6 Å². The molecule has 0 bridgehead atoms. The summed E-state index contributed by atoms with van der Waals surface area (Å²) in [5, 5.41) is 3.20. The standard InChI is InChI=1S/C26H29FN4O5/c1-30(2)24(33)9-5-4-8-22(29-26(35)36-3)23(32)15-17-7-6-12-31(25(17)34)16-20-14-18-13-19(27)10-11-21(18)28-20/h5-7,9-14,22,28H,4,8,15-16H2,1-3H3,(H,29,35)/b9-5+/t22-/m0/s1. The van der Waals surface area contributed by atoms with Gasteiger partial charge in [0.15, 0.2) is 5.78 Å². The van der Waals surface area contributed by atoms with E-state index in [1.807, 2.05) is 0 Å². The summed E-state index contributed by atoms with van der Waals surface area (Å²) in [6.45, 7) is 0.214. The van der Waals surface area contributed by atoms with Crippen LogP contribution in [0.15, 0.2) is 59.5 Å². The summed E-state index contributed by atoms with van der Waals surface area (Å²) in [5.74, 6) is -0.895. The quantitative estimate of drug-likeness (QED) is 0.419. The first-order chi connectivity index (χ1) is 17.2. The molecule has 0 spiro atoms. The molecule has 3 aromatic rings. The monoisotopic (exact) mass is 496 g/mol. The number of rotatable bonds is 10. The summed E-state index contributed by atoms with van der Waals surface area (Å²) in [4.78, 5) is 54.1. The maximum atomic E-state index is 13.5. The fourth-order valence-corrected chi connectivity index (χ4v) is 3.70. The average Bonchev–Trinajstić information content (AvgIpc) is 3.24. The number of aromatic amines is 1. The van der Waals surface area contributed by atoms with Gasteiger partial charge in [-0.15, -0.1) is 0 Å². The maximum Gasteiger partial charge on any atom is 0.407 e. The number of pyridine rings is 1. The van der Waals surface area contributed by atoms with Crippen LogP contribution in [0.4, 0.5) is 9.18 Å². The number of halogens is 1. The van der Waals surface area contributed by atoms with Crippen LogP contribution in [0.1, 0.15) is 24.1 Å². The molecule has 0 radical (unpaired) electrons. The number of alkyl carbamates (subject to hydrolysis) is 1. The lowest BCUT2D eigenvalue weighted by atomic mass is 10.0. The van der Waals surface area contributed by atoms with Crippen molar-refractivity contribution < 1.29 is 23.5 Å². The fraction of sp³-hybridized carbons (Fsp3) is 0.308. The van der Waals surface area contributed by atoms with Gasteiger partial charge in [0.1, 0.15) is 5.82 Å². The number of carbonyl (C=O) groups excluding carboxylic acids is 3. The number of methoxy groups -OCH3 is 1. The van der Waals surface area contributed by atoms with Gasteiger partial charge in [-0.2, -0.15) is 0 Å². The molecule has 0 unspecified atom stereocenters. The summed E-state index contributed by atoms with van der Waals surface area (Å²) >= 11 is 0. The zero-order valence-electron chi connectivity index (χ0n) is 20.4. The van der Waals surface area contributed by atoms with Gasteiger partial charge in [-0.05, 0) is 49.2 Å². The second-order valence-corrected chi connectivity index (χ2v) is 8.54. The second kappa shape index (κ2) is 12.0. The van der Waals surface area contributed by atoms with E-state index in [1.54, 1.807) is 50.6 Å². The van der Waals surface area contributed by atoms with Gasteiger partial charge in [0, 0.05) is 48.9 Å². The van der Waals surface area contributed by atoms with Gasteiger partial charge in [0.2, 0.25) is 5.91 Å². The Hall–Kier alpha value is -4.21. The van der Waals surface area contributed by atoms with Crippen LogP contribution in [-0.4, -0.2) is 59.5 Å². The molecule has 0 fully saturated rings. The molecule has 2 N–H and O–H groups in total. The molecule has 9 nitrogen and oxygen atoms in total. The Kier molecular flexibility index (Phi) is 8.77. The number of carbonyl (C=O) groups is 3. The first-order valence-corrected chi connectivity index (χ1v) is 11.4. The number of Topliss-reactive ketones (excluding diaryl/α,β-unsaturated/α-hetero) is 1. The highest BCUT2D eigenvalue weighted by molar-refractivity contribution is 5.89. The molecule has 1 aromatic carbocycles. The largest absolute Gasteiger partial charge is 0.453 e. The van der Waals surface area contributed by atoms with Gasteiger partial charge in [0.25, 0.3) is 5.56 Å². The predicted molar refractivity (Wildman–Crippen MR) is 133 cm³/mol. The van der Waals surface area contributed by atoms with Crippen LogP contribution < -0.4 is 10.9 Å². The Balaban J connectivity index is 1.73. The Morgan fingerprint density at radius 3 is 2.72 bits per heavy atom. The van der Waals surface area contributed by atoms with Crippen LogP contribution in [-0.2, 0) is 27.3 Å². The lowest BCUT2D eigenvalue weighted by Crippen LogP contribution is -2.42. The van der Waals surface area contributed by atoms with Gasteiger partial charge < -0.3 is 24.5 Å². The number of hydrogen-bond acceptors (Lipinski definition) is 5. The Labute approximate surface area is 207 Å². The van der Waals surface area contributed by atoms with Crippen molar-refractivity contribution in [2.24, 2.45) is 0 Å². The molecule has 190 valence electrons. The first kappa shape index (κ1) is 26.4. The number of ether oxygens (including phenoxy) is 1. The van der Waals surface area contributed by atoms with Crippen LogP contribution in [0.5, 0.6) is 0 Å².